The van der Waals surface area contributed by atoms with Crippen LogP contribution in [0.4, 0.5) is 0 Å². The van der Waals surface area contributed by atoms with Gasteiger partial charge in [0, 0.05) is 23.5 Å². The van der Waals surface area contributed by atoms with Crippen molar-refractivity contribution in [2.75, 3.05) is 7.05 Å². The van der Waals surface area contributed by atoms with E-state index in [1.54, 1.807) is 11.3 Å². The number of thiazole rings is 1. The van der Waals surface area contributed by atoms with Gasteiger partial charge in [-0.15, -0.1) is 11.3 Å². The van der Waals surface area contributed by atoms with Crippen molar-refractivity contribution in [1.82, 2.24) is 10.3 Å². The molecule has 11 heavy (non-hydrogen) atoms. The Kier molecular flexibility index (Phi) is 1.92. The Morgan fingerprint density at radius 2 is 2.45 bits per heavy atom. The fraction of sp³-hybridized carbons (Fsp3) is 0.625. The summed E-state index contributed by atoms with van der Waals surface area (Å²) in [6, 6.07) is 0.740. The van der Waals surface area contributed by atoms with Crippen molar-refractivity contribution < 1.29 is 0 Å². The third kappa shape index (κ3) is 1.30. The molecule has 0 aromatic carbocycles. The molecule has 2 nitrogen and oxygen atoms in total. The maximum Gasteiger partial charge on any atom is 0.0956 e. The molecule has 1 fully saturated rings. The molecular weight excluding hydrogens is 156 g/mol. The molecule has 0 amide bonds. The quantitative estimate of drug-likeness (QED) is 0.725. The lowest BCUT2D eigenvalue weighted by Gasteiger charge is -2.33. The van der Waals surface area contributed by atoms with Crippen LogP contribution in [0.1, 0.15) is 23.8 Å². The molecular formula is C8H12N2S. The molecule has 1 aliphatic carbocycles. The summed E-state index contributed by atoms with van der Waals surface area (Å²) in [4.78, 5) is 4.30. The minimum Gasteiger partial charge on any atom is -0.317 e. The van der Waals surface area contributed by atoms with Gasteiger partial charge in [-0.2, -0.15) is 0 Å². The molecule has 1 aromatic heterocycles. The van der Waals surface area contributed by atoms with E-state index in [-0.39, 0.29) is 0 Å². The van der Waals surface area contributed by atoms with Crippen molar-refractivity contribution >= 4 is 11.3 Å². The second-order valence-electron chi connectivity index (χ2n) is 3.02. The van der Waals surface area contributed by atoms with Crippen LogP contribution in [0.2, 0.25) is 0 Å². The highest BCUT2D eigenvalue weighted by Crippen LogP contribution is 2.37. The Morgan fingerprint density at radius 1 is 1.64 bits per heavy atom. The molecule has 0 bridgehead atoms. The summed E-state index contributed by atoms with van der Waals surface area (Å²) in [7, 11) is 2.03. The Bertz CT molecular complexity index is 214. The Morgan fingerprint density at radius 3 is 3.00 bits per heavy atom. The molecule has 0 unspecified atom stereocenters. The number of rotatable bonds is 2. The van der Waals surface area contributed by atoms with Gasteiger partial charge in [0.25, 0.3) is 0 Å². The third-order valence-electron chi connectivity index (χ3n) is 2.35. The third-order valence-corrected chi connectivity index (χ3v) is 3.29. The summed E-state index contributed by atoms with van der Waals surface area (Å²) in [5.74, 6) is 0.743. The van der Waals surface area contributed by atoms with Crippen LogP contribution in [-0.2, 0) is 0 Å². The van der Waals surface area contributed by atoms with E-state index < -0.39 is 0 Å². The molecule has 1 aliphatic rings. The van der Waals surface area contributed by atoms with Crippen LogP contribution in [-0.4, -0.2) is 18.1 Å². The van der Waals surface area contributed by atoms with E-state index in [4.69, 9.17) is 0 Å². The van der Waals surface area contributed by atoms with Gasteiger partial charge < -0.3 is 5.32 Å². The van der Waals surface area contributed by atoms with Gasteiger partial charge in [0.1, 0.15) is 0 Å². The van der Waals surface area contributed by atoms with Gasteiger partial charge in [0.05, 0.1) is 5.01 Å². The Balaban J connectivity index is 1.92. The highest BCUT2D eigenvalue weighted by atomic mass is 32.1. The largest absolute Gasteiger partial charge is 0.317 e. The molecule has 60 valence electrons. The first kappa shape index (κ1) is 7.25. The van der Waals surface area contributed by atoms with Crippen LogP contribution < -0.4 is 5.32 Å². The van der Waals surface area contributed by atoms with Crippen LogP contribution >= 0.6 is 11.3 Å². The molecule has 0 spiro atoms. The van der Waals surface area contributed by atoms with Crippen molar-refractivity contribution in [2.45, 2.75) is 24.8 Å². The number of hydrogen-bond donors (Lipinski definition) is 1. The summed E-state index contributed by atoms with van der Waals surface area (Å²) >= 11 is 1.78. The normalized spacial score (nSPS) is 29.9. The zero-order valence-corrected chi connectivity index (χ0v) is 7.40. The number of nitrogens with zero attached hydrogens (tertiary/aromatic N) is 1. The lowest BCUT2D eigenvalue weighted by Crippen LogP contribution is -2.37. The Hall–Kier alpha value is -0.410. The van der Waals surface area contributed by atoms with Gasteiger partial charge in [-0.1, -0.05) is 0 Å². The SMILES string of the molecule is CNC1CC(c2nccs2)C1. The predicted molar refractivity (Wildman–Crippen MR) is 46.9 cm³/mol. The summed E-state index contributed by atoms with van der Waals surface area (Å²) < 4.78 is 0. The molecule has 1 N–H and O–H groups in total. The molecule has 2 rings (SSSR count). The van der Waals surface area contributed by atoms with Crippen LogP contribution in [0.3, 0.4) is 0 Å². The summed E-state index contributed by atoms with van der Waals surface area (Å²) in [5.41, 5.74) is 0. The van der Waals surface area contributed by atoms with Gasteiger partial charge in [0.2, 0.25) is 0 Å². The predicted octanol–water partition coefficient (Wildman–Crippen LogP) is 1.61. The van der Waals surface area contributed by atoms with Crippen LogP contribution in [0.15, 0.2) is 11.6 Å². The minimum absolute atomic E-state index is 0.740. The summed E-state index contributed by atoms with van der Waals surface area (Å²) in [6.45, 7) is 0. The van der Waals surface area contributed by atoms with Crippen LogP contribution in [0, 0.1) is 0 Å². The van der Waals surface area contributed by atoms with E-state index in [0.717, 1.165) is 12.0 Å². The van der Waals surface area contributed by atoms with Crippen LogP contribution in [0.25, 0.3) is 0 Å². The highest BCUT2D eigenvalue weighted by Gasteiger charge is 2.30. The van der Waals surface area contributed by atoms with Gasteiger partial charge in [-0.3, -0.25) is 0 Å². The monoisotopic (exact) mass is 168 g/mol. The summed E-state index contributed by atoms with van der Waals surface area (Å²) in [5, 5.41) is 6.64. The van der Waals surface area contributed by atoms with Crippen LogP contribution in [0.5, 0.6) is 0 Å². The van der Waals surface area contributed by atoms with Crippen molar-refractivity contribution in [3.63, 3.8) is 0 Å². The molecule has 0 saturated heterocycles. The fourth-order valence-electron chi connectivity index (χ4n) is 1.49. The first-order chi connectivity index (χ1) is 5.40. The maximum absolute atomic E-state index is 4.30. The highest BCUT2D eigenvalue weighted by molar-refractivity contribution is 7.09. The first-order valence-corrected chi connectivity index (χ1v) is 4.84. The van der Waals surface area contributed by atoms with Crippen molar-refractivity contribution in [3.05, 3.63) is 16.6 Å². The number of nitrogens with one attached hydrogen (secondary N) is 1. The number of aromatic nitrogens is 1. The van der Waals surface area contributed by atoms with Crippen molar-refractivity contribution in [1.29, 1.82) is 0 Å². The van der Waals surface area contributed by atoms with Gasteiger partial charge in [0.15, 0.2) is 0 Å². The zero-order chi connectivity index (χ0) is 7.68. The van der Waals surface area contributed by atoms with E-state index in [0.29, 0.717) is 0 Å². The first-order valence-electron chi connectivity index (χ1n) is 3.97. The second-order valence-corrected chi connectivity index (χ2v) is 3.95. The topological polar surface area (TPSA) is 24.9 Å². The average molecular weight is 168 g/mol. The smallest absolute Gasteiger partial charge is 0.0956 e. The van der Waals surface area contributed by atoms with E-state index in [1.807, 2.05) is 13.2 Å². The molecule has 0 radical (unpaired) electrons. The number of hydrogen-bond acceptors (Lipinski definition) is 3. The molecule has 3 heteroatoms. The second kappa shape index (κ2) is 2.91. The molecule has 0 atom stereocenters. The fourth-order valence-corrected chi connectivity index (χ4v) is 2.26. The lowest BCUT2D eigenvalue weighted by atomic mass is 9.81. The average Bonchev–Trinajstić information content (AvgIpc) is 2.37. The van der Waals surface area contributed by atoms with E-state index in [2.05, 4.69) is 15.7 Å². The Labute approximate surface area is 70.7 Å². The maximum atomic E-state index is 4.30. The summed E-state index contributed by atoms with van der Waals surface area (Å²) in [6.07, 6.45) is 4.43. The molecule has 1 saturated carbocycles. The standard InChI is InChI=1S/C8H12N2S/c1-9-7-4-6(5-7)8-10-2-3-11-8/h2-3,6-7,9H,4-5H2,1H3. The van der Waals surface area contributed by atoms with Gasteiger partial charge in [-0.25, -0.2) is 4.98 Å². The van der Waals surface area contributed by atoms with Gasteiger partial charge in [-0.05, 0) is 19.9 Å². The lowest BCUT2D eigenvalue weighted by molar-refractivity contribution is 0.306. The van der Waals surface area contributed by atoms with Crippen molar-refractivity contribution in [3.8, 4) is 0 Å². The molecule has 0 aliphatic heterocycles. The minimum atomic E-state index is 0.740. The molecule has 1 heterocycles. The molecule has 1 aromatic rings. The van der Waals surface area contributed by atoms with Crippen molar-refractivity contribution in [2.24, 2.45) is 0 Å². The van der Waals surface area contributed by atoms with Gasteiger partial charge >= 0.3 is 0 Å². The van der Waals surface area contributed by atoms with E-state index in [9.17, 15) is 0 Å². The van der Waals surface area contributed by atoms with E-state index >= 15 is 0 Å². The van der Waals surface area contributed by atoms with E-state index in [1.165, 1.54) is 17.8 Å². The zero-order valence-electron chi connectivity index (χ0n) is 6.58.